The normalized spacial score (nSPS) is 16.8. The van der Waals surface area contributed by atoms with Gasteiger partial charge in [0.1, 0.15) is 5.58 Å². The standard InChI is InChI=1S/C21H23ClN4O2S/c1-2-13-9-18-16(11-17(13)22)14(10-19(27)28-18)12-29-21-24-23-20(25-7-3-4-8-25)26(21)15-5-6-15/h9-11,15H,2-8,12H2,1H3. The van der Waals surface area contributed by atoms with Gasteiger partial charge in [-0.25, -0.2) is 4.79 Å². The van der Waals surface area contributed by atoms with E-state index in [4.69, 9.17) is 16.0 Å². The first-order valence-electron chi connectivity index (χ1n) is 10.2. The van der Waals surface area contributed by atoms with Gasteiger partial charge < -0.3 is 9.32 Å². The van der Waals surface area contributed by atoms with Crippen molar-refractivity contribution >= 4 is 40.3 Å². The molecule has 1 aliphatic heterocycles. The molecule has 29 heavy (non-hydrogen) atoms. The van der Waals surface area contributed by atoms with Crippen molar-refractivity contribution in [3.05, 3.63) is 44.8 Å². The van der Waals surface area contributed by atoms with E-state index >= 15 is 0 Å². The van der Waals surface area contributed by atoms with Crippen molar-refractivity contribution in [2.45, 2.75) is 56.0 Å². The quantitative estimate of drug-likeness (QED) is 0.412. The molecule has 2 aromatic heterocycles. The summed E-state index contributed by atoms with van der Waals surface area (Å²) in [7, 11) is 0. The highest BCUT2D eigenvalue weighted by atomic mass is 35.5. The predicted molar refractivity (Wildman–Crippen MR) is 116 cm³/mol. The lowest BCUT2D eigenvalue weighted by Gasteiger charge is -2.18. The molecule has 6 nitrogen and oxygen atoms in total. The average Bonchev–Trinajstić information content (AvgIpc) is 3.23. The van der Waals surface area contributed by atoms with E-state index in [1.807, 2.05) is 19.1 Å². The van der Waals surface area contributed by atoms with Crippen LogP contribution in [0.15, 0.2) is 32.6 Å². The van der Waals surface area contributed by atoms with E-state index < -0.39 is 0 Å². The van der Waals surface area contributed by atoms with Gasteiger partial charge in [-0.3, -0.25) is 4.57 Å². The van der Waals surface area contributed by atoms with E-state index in [2.05, 4.69) is 19.7 Å². The molecule has 1 aliphatic carbocycles. The van der Waals surface area contributed by atoms with Gasteiger partial charge in [-0.2, -0.15) is 0 Å². The molecule has 2 fully saturated rings. The lowest BCUT2D eigenvalue weighted by atomic mass is 10.1. The summed E-state index contributed by atoms with van der Waals surface area (Å²) in [6, 6.07) is 5.86. The van der Waals surface area contributed by atoms with Gasteiger partial charge >= 0.3 is 5.63 Å². The number of aromatic nitrogens is 3. The Labute approximate surface area is 178 Å². The molecule has 0 N–H and O–H groups in total. The molecule has 3 heterocycles. The number of hydrogen-bond donors (Lipinski definition) is 0. The third-order valence-corrected chi connectivity index (χ3v) is 7.03. The van der Waals surface area contributed by atoms with E-state index in [9.17, 15) is 4.79 Å². The largest absolute Gasteiger partial charge is 0.423 e. The Hall–Kier alpha value is -1.99. The molecule has 0 spiro atoms. The summed E-state index contributed by atoms with van der Waals surface area (Å²) in [5.41, 5.74) is 2.16. The number of nitrogens with zero attached hydrogens (tertiary/aromatic N) is 4. The van der Waals surface area contributed by atoms with Crippen LogP contribution in [0.3, 0.4) is 0 Å². The second-order valence-corrected chi connectivity index (χ2v) is 9.10. The number of thioether (sulfide) groups is 1. The van der Waals surface area contributed by atoms with E-state index in [1.165, 1.54) is 25.7 Å². The van der Waals surface area contributed by atoms with Crippen molar-refractivity contribution in [2.24, 2.45) is 0 Å². The van der Waals surface area contributed by atoms with Gasteiger partial charge in [0.2, 0.25) is 5.95 Å². The molecule has 2 aliphatic rings. The first-order valence-corrected chi connectivity index (χ1v) is 11.6. The summed E-state index contributed by atoms with van der Waals surface area (Å²) in [5, 5.41) is 11.5. The van der Waals surface area contributed by atoms with Gasteiger partial charge in [0.25, 0.3) is 0 Å². The summed E-state index contributed by atoms with van der Waals surface area (Å²) in [5.74, 6) is 1.62. The van der Waals surface area contributed by atoms with Crippen LogP contribution in [0, 0.1) is 0 Å². The summed E-state index contributed by atoms with van der Waals surface area (Å²) in [4.78, 5) is 14.5. The molecule has 5 rings (SSSR count). The van der Waals surface area contributed by atoms with Crippen LogP contribution in [0.25, 0.3) is 11.0 Å². The van der Waals surface area contributed by atoms with Crippen molar-refractivity contribution in [3.63, 3.8) is 0 Å². The van der Waals surface area contributed by atoms with E-state index in [0.29, 0.717) is 22.4 Å². The van der Waals surface area contributed by atoms with E-state index in [-0.39, 0.29) is 5.63 Å². The molecule has 0 unspecified atom stereocenters. The topological polar surface area (TPSA) is 64.2 Å². The van der Waals surface area contributed by atoms with Crippen LogP contribution in [-0.2, 0) is 12.2 Å². The molecular weight excluding hydrogens is 408 g/mol. The Balaban J connectivity index is 1.47. The maximum Gasteiger partial charge on any atom is 0.336 e. The molecule has 8 heteroatoms. The molecule has 3 aromatic rings. The van der Waals surface area contributed by atoms with Gasteiger partial charge in [0.05, 0.1) is 0 Å². The zero-order chi connectivity index (χ0) is 20.0. The number of anilines is 1. The fraction of sp³-hybridized carbons (Fsp3) is 0.476. The second kappa shape index (κ2) is 7.69. The Kier molecular flexibility index (Phi) is 5.04. The fourth-order valence-electron chi connectivity index (χ4n) is 3.97. The molecule has 0 radical (unpaired) electrons. The SMILES string of the molecule is CCc1cc2oc(=O)cc(CSc3nnc(N4CCCC4)n3C3CC3)c2cc1Cl. The molecule has 0 atom stereocenters. The average molecular weight is 431 g/mol. The van der Waals surface area contributed by atoms with Crippen molar-refractivity contribution < 1.29 is 4.42 Å². The first kappa shape index (κ1) is 19.0. The minimum absolute atomic E-state index is 0.334. The van der Waals surface area contributed by atoms with Gasteiger partial charge in [-0.15, -0.1) is 10.2 Å². The van der Waals surface area contributed by atoms with Crippen molar-refractivity contribution in [1.82, 2.24) is 14.8 Å². The van der Waals surface area contributed by atoms with Gasteiger partial charge in [-0.1, -0.05) is 30.3 Å². The molecule has 0 bridgehead atoms. The lowest BCUT2D eigenvalue weighted by Crippen LogP contribution is -2.22. The van der Waals surface area contributed by atoms with Gasteiger partial charge in [0, 0.05) is 41.4 Å². The van der Waals surface area contributed by atoms with Crippen molar-refractivity contribution in [1.29, 1.82) is 0 Å². The summed E-state index contributed by atoms with van der Waals surface area (Å²) >= 11 is 8.05. The van der Waals surface area contributed by atoms with Crippen LogP contribution in [0.1, 0.15) is 49.8 Å². The molecule has 1 saturated heterocycles. The number of fused-ring (bicyclic) bond motifs is 1. The highest BCUT2D eigenvalue weighted by molar-refractivity contribution is 7.98. The maximum atomic E-state index is 12.1. The summed E-state index contributed by atoms with van der Waals surface area (Å²) in [6.45, 7) is 4.14. The highest BCUT2D eigenvalue weighted by Gasteiger charge is 2.32. The lowest BCUT2D eigenvalue weighted by molar-refractivity contribution is 0.559. The van der Waals surface area contributed by atoms with Crippen LogP contribution >= 0.6 is 23.4 Å². The van der Waals surface area contributed by atoms with Gasteiger partial charge in [-0.05, 0) is 55.4 Å². The molecule has 0 amide bonds. The second-order valence-electron chi connectivity index (χ2n) is 7.75. The van der Waals surface area contributed by atoms with Crippen molar-refractivity contribution in [2.75, 3.05) is 18.0 Å². The van der Waals surface area contributed by atoms with Crippen LogP contribution < -0.4 is 10.5 Å². The highest BCUT2D eigenvalue weighted by Crippen LogP contribution is 2.42. The summed E-state index contributed by atoms with van der Waals surface area (Å²) < 4.78 is 7.73. The number of halogens is 1. The monoisotopic (exact) mass is 430 g/mol. The number of benzene rings is 1. The summed E-state index contributed by atoms with van der Waals surface area (Å²) in [6.07, 6.45) is 5.58. The van der Waals surface area contributed by atoms with Crippen LogP contribution in [-0.4, -0.2) is 27.9 Å². The third kappa shape index (κ3) is 3.66. The van der Waals surface area contributed by atoms with Crippen LogP contribution in [0.5, 0.6) is 0 Å². The smallest absolute Gasteiger partial charge is 0.336 e. The number of rotatable bonds is 6. The Morgan fingerprint density at radius 2 is 1.97 bits per heavy atom. The number of hydrogen-bond acceptors (Lipinski definition) is 6. The third-order valence-electron chi connectivity index (χ3n) is 5.68. The Morgan fingerprint density at radius 3 is 2.69 bits per heavy atom. The maximum absolute atomic E-state index is 12.1. The minimum Gasteiger partial charge on any atom is -0.423 e. The Bertz CT molecular complexity index is 1120. The fourth-order valence-corrected chi connectivity index (χ4v) is 5.26. The molecule has 152 valence electrons. The predicted octanol–water partition coefficient (Wildman–Crippen LogP) is 4.83. The number of aryl methyl sites for hydroxylation is 1. The zero-order valence-corrected chi connectivity index (χ0v) is 17.9. The minimum atomic E-state index is -0.334. The van der Waals surface area contributed by atoms with Gasteiger partial charge in [0.15, 0.2) is 5.16 Å². The van der Waals surface area contributed by atoms with E-state index in [0.717, 1.165) is 47.1 Å². The Morgan fingerprint density at radius 1 is 1.17 bits per heavy atom. The molecular formula is C21H23ClN4O2S. The van der Waals surface area contributed by atoms with Crippen LogP contribution in [0.2, 0.25) is 5.02 Å². The van der Waals surface area contributed by atoms with Crippen molar-refractivity contribution in [3.8, 4) is 0 Å². The van der Waals surface area contributed by atoms with E-state index in [1.54, 1.807) is 17.8 Å². The first-order chi connectivity index (χ1) is 14.1. The van der Waals surface area contributed by atoms with Crippen LogP contribution in [0.4, 0.5) is 5.95 Å². The molecule has 1 aromatic carbocycles. The zero-order valence-electron chi connectivity index (χ0n) is 16.4. The molecule has 1 saturated carbocycles.